The van der Waals surface area contributed by atoms with E-state index in [2.05, 4.69) is 16.9 Å². The lowest BCUT2D eigenvalue weighted by Gasteiger charge is -2.12. The highest BCUT2D eigenvalue weighted by atomic mass is 16.4. The summed E-state index contributed by atoms with van der Waals surface area (Å²) in [7, 11) is 0. The lowest BCUT2D eigenvalue weighted by molar-refractivity contribution is -0.138. The van der Waals surface area contributed by atoms with Crippen molar-refractivity contribution < 1.29 is 9.90 Å². The Hall–Kier alpha value is -1.55. The van der Waals surface area contributed by atoms with Crippen molar-refractivity contribution in [3.8, 4) is 0 Å². The van der Waals surface area contributed by atoms with Gasteiger partial charge in [0.15, 0.2) is 0 Å². The molecule has 0 aliphatic rings. The zero-order valence-electron chi connectivity index (χ0n) is 9.16. The number of hydrogen-bond donors (Lipinski definition) is 3. The standard InChI is InChI=1S/C11H16N2O2/c1-7-4-8(2)6-10(5-7)13-12-9(3)11(14)15/h4-6,9,12-13H,1-3H3,(H,14,15)/t9-/m0/s1. The van der Waals surface area contributed by atoms with Crippen molar-refractivity contribution in [2.75, 3.05) is 5.43 Å². The molecule has 0 spiro atoms. The highest BCUT2D eigenvalue weighted by molar-refractivity contribution is 5.73. The average molecular weight is 208 g/mol. The molecule has 0 amide bonds. The van der Waals surface area contributed by atoms with Crippen molar-refractivity contribution in [3.63, 3.8) is 0 Å². The maximum Gasteiger partial charge on any atom is 0.322 e. The van der Waals surface area contributed by atoms with Crippen molar-refractivity contribution in [1.82, 2.24) is 5.43 Å². The van der Waals surface area contributed by atoms with Crippen LogP contribution >= 0.6 is 0 Å². The van der Waals surface area contributed by atoms with Gasteiger partial charge in [0.2, 0.25) is 0 Å². The van der Waals surface area contributed by atoms with E-state index in [0.29, 0.717) is 0 Å². The van der Waals surface area contributed by atoms with Gasteiger partial charge in [-0.1, -0.05) is 6.07 Å². The number of carbonyl (C=O) groups is 1. The number of rotatable bonds is 4. The van der Waals surface area contributed by atoms with E-state index in [1.165, 1.54) is 0 Å². The van der Waals surface area contributed by atoms with Crippen LogP contribution < -0.4 is 10.9 Å². The Morgan fingerprint density at radius 3 is 2.27 bits per heavy atom. The number of nitrogens with one attached hydrogen (secondary N) is 2. The van der Waals surface area contributed by atoms with Gasteiger partial charge in [-0.15, -0.1) is 0 Å². The van der Waals surface area contributed by atoms with Crippen molar-refractivity contribution in [2.24, 2.45) is 0 Å². The quantitative estimate of drug-likeness (QED) is 0.659. The summed E-state index contributed by atoms with van der Waals surface area (Å²) in [4.78, 5) is 10.6. The van der Waals surface area contributed by atoms with Crippen LogP contribution in [0.5, 0.6) is 0 Å². The summed E-state index contributed by atoms with van der Waals surface area (Å²) in [5, 5.41) is 8.67. The fraction of sp³-hybridized carbons (Fsp3) is 0.364. The van der Waals surface area contributed by atoms with Gasteiger partial charge < -0.3 is 10.5 Å². The molecule has 0 radical (unpaired) electrons. The molecule has 0 aliphatic heterocycles. The van der Waals surface area contributed by atoms with Crippen molar-refractivity contribution in [3.05, 3.63) is 29.3 Å². The Morgan fingerprint density at radius 2 is 1.80 bits per heavy atom. The molecule has 0 aromatic heterocycles. The second-order valence-corrected chi connectivity index (χ2v) is 3.71. The van der Waals surface area contributed by atoms with Gasteiger partial charge in [0.05, 0.1) is 0 Å². The van der Waals surface area contributed by atoms with Gasteiger partial charge in [-0.25, -0.2) is 5.43 Å². The van der Waals surface area contributed by atoms with Crippen molar-refractivity contribution >= 4 is 11.7 Å². The predicted octanol–water partition coefficient (Wildman–Crippen LogP) is 1.69. The summed E-state index contributed by atoms with van der Waals surface area (Å²) >= 11 is 0. The Bertz CT molecular complexity index is 343. The maximum atomic E-state index is 10.6. The van der Waals surface area contributed by atoms with Crippen LogP contribution in [-0.4, -0.2) is 17.1 Å². The molecule has 0 saturated heterocycles. The smallest absolute Gasteiger partial charge is 0.322 e. The van der Waals surface area contributed by atoms with E-state index in [1.807, 2.05) is 26.0 Å². The molecule has 1 aromatic rings. The zero-order valence-corrected chi connectivity index (χ0v) is 9.16. The first-order valence-corrected chi connectivity index (χ1v) is 4.81. The van der Waals surface area contributed by atoms with E-state index < -0.39 is 12.0 Å². The van der Waals surface area contributed by atoms with E-state index in [0.717, 1.165) is 16.8 Å². The second kappa shape index (κ2) is 4.79. The lowest BCUT2D eigenvalue weighted by Crippen LogP contribution is -2.37. The number of benzene rings is 1. The number of carboxylic acids is 1. The number of anilines is 1. The number of hydrogen-bond acceptors (Lipinski definition) is 3. The number of hydrazine groups is 1. The summed E-state index contributed by atoms with van der Waals surface area (Å²) in [6, 6.07) is 5.35. The van der Waals surface area contributed by atoms with Gasteiger partial charge in [0.25, 0.3) is 0 Å². The number of carboxylic acid groups (broad SMARTS) is 1. The third-order valence-electron chi connectivity index (χ3n) is 2.03. The Morgan fingerprint density at radius 1 is 1.27 bits per heavy atom. The van der Waals surface area contributed by atoms with Gasteiger partial charge in [-0.05, 0) is 44.0 Å². The minimum absolute atomic E-state index is 0.620. The Balaban J connectivity index is 2.61. The first-order chi connectivity index (χ1) is 6.99. The van der Waals surface area contributed by atoms with Crippen LogP contribution in [0.4, 0.5) is 5.69 Å². The van der Waals surface area contributed by atoms with E-state index in [1.54, 1.807) is 6.92 Å². The monoisotopic (exact) mass is 208 g/mol. The van der Waals surface area contributed by atoms with Crippen LogP contribution in [0.1, 0.15) is 18.1 Å². The summed E-state index contributed by atoms with van der Waals surface area (Å²) in [6.07, 6.45) is 0. The van der Waals surface area contributed by atoms with Gasteiger partial charge in [-0.2, -0.15) is 0 Å². The molecule has 0 bridgehead atoms. The third-order valence-corrected chi connectivity index (χ3v) is 2.03. The first-order valence-electron chi connectivity index (χ1n) is 4.81. The van der Waals surface area contributed by atoms with Gasteiger partial charge in [0.1, 0.15) is 6.04 Å². The van der Waals surface area contributed by atoms with Gasteiger partial charge in [0, 0.05) is 5.69 Å². The molecular formula is C11H16N2O2. The largest absolute Gasteiger partial charge is 0.480 e. The van der Waals surface area contributed by atoms with Crippen LogP contribution in [0.2, 0.25) is 0 Å². The summed E-state index contributed by atoms with van der Waals surface area (Å²) in [5.74, 6) is -0.883. The number of aryl methyl sites for hydroxylation is 2. The van der Waals surface area contributed by atoms with Crippen LogP contribution in [0.25, 0.3) is 0 Å². The molecule has 82 valence electrons. The summed E-state index contributed by atoms with van der Waals surface area (Å²) < 4.78 is 0. The van der Waals surface area contributed by atoms with Crippen LogP contribution in [0, 0.1) is 13.8 Å². The van der Waals surface area contributed by atoms with E-state index in [-0.39, 0.29) is 0 Å². The normalized spacial score (nSPS) is 12.2. The fourth-order valence-electron chi connectivity index (χ4n) is 1.30. The molecule has 0 fully saturated rings. The van der Waals surface area contributed by atoms with Crippen LogP contribution in [0.15, 0.2) is 18.2 Å². The molecule has 0 heterocycles. The minimum atomic E-state index is -0.883. The molecule has 1 rings (SSSR count). The molecule has 3 N–H and O–H groups in total. The topological polar surface area (TPSA) is 61.4 Å². The zero-order chi connectivity index (χ0) is 11.4. The Kier molecular flexibility index (Phi) is 3.68. The number of aliphatic carboxylic acids is 1. The predicted molar refractivity (Wildman–Crippen MR) is 59.8 cm³/mol. The minimum Gasteiger partial charge on any atom is -0.480 e. The molecular weight excluding hydrogens is 192 g/mol. The van der Waals surface area contributed by atoms with E-state index in [4.69, 9.17) is 5.11 Å². The molecule has 15 heavy (non-hydrogen) atoms. The maximum absolute atomic E-state index is 10.6. The lowest BCUT2D eigenvalue weighted by atomic mass is 10.1. The van der Waals surface area contributed by atoms with Gasteiger partial charge in [-0.3, -0.25) is 4.79 Å². The highest BCUT2D eigenvalue weighted by Gasteiger charge is 2.08. The SMILES string of the molecule is Cc1cc(C)cc(NN[C@@H](C)C(=O)O)c1. The highest BCUT2D eigenvalue weighted by Crippen LogP contribution is 2.12. The fourth-order valence-corrected chi connectivity index (χ4v) is 1.30. The molecule has 4 heteroatoms. The molecule has 0 aliphatic carbocycles. The van der Waals surface area contributed by atoms with Crippen LogP contribution in [0.3, 0.4) is 0 Å². The van der Waals surface area contributed by atoms with E-state index >= 15 is 0 Å². The van der Waals surface area contributed by atoms with Crippen LogP contribution in [-0.2, 0) is 4.79 Å². The van der Waals surface area contributed by atoms with Crippen molar-refractivity contribution in [1.29, 1.82) is 0 Å². The second-order valence-electron chi connectivity index (χ2n) is 3.71. The molecule has 1 aromatic carbocycles. The average Bonchev–Trinajstić information content (AvgIpc) is 2.12. The third kappa shape index (κ3) is 3.59. The summed E-state index contributed by atoms with van der Waals surface area (Å²) in [6.45, 7) is 5.58. The first kappa shape index (κ1) is 11.5. The molecule has 0 unspecified atom stereocenters. The van der Waals surface area contributed by atoms with E-state index in [9.17, 15) is 4.79 Å². The molecule has 4 nitrogen and oxygen atoms in total. The Labute approximate surface area is 89.3 Å². The molecule has 1 atom stereocenters. The van der Waals surface area contributed by atoms with Gasteiger partial charge >= 0.3 is 5.97 Å². The molecule has 0 saturated carbocycles. The van der Waals surface area contributed by atoms with Crippen molar-refractivity contribution in [2.45, 2.75) is 26.8 Å². The summed E-state index contributed by atoms with van der Waals surface area (Å²) in [5.41, 5.74) is 8.74.